The van der Waals surface area contributed by atoms with E-state index < -0.39 is 6.36 Å². The largest absolute Gasteiger partial charge is 0.573 e. The number of nitrogens with one attached hydrogen (secondary N) is 1. The van der Waals surface area contributed by atoms with Gasteiger partial charge in [0.1, 0.15) is 5.75 Å². The molecular formula is C11H6BrClF3N3O. The zero-order valence-corrected chi connectivity index (χ0v) is 11.9. The number of benzene rings is 1. The molecule has 0 radical (unpaired) electrons. The van der Waals surface area contributed by atoms with Crippen LogP contribution >= 0.6 is 27.5 Å². The van der Waals surface area contributed by atoms with Gasteiger partial charge < -0.3 is 10.1 Å². The highest BCUT2D eigenvalue weighted by Crippen LogP contribution is 2.33. The van der Waals surface area contributed by atoms with Gasteiger partial charge in [0.2, 0.25) is 0 Å². The van der Waals surface area contributed by atoms with Crippen LogP contribution in [0.1, 0.15) is 0 Å². The summed E-state index contributed by atoms with van der Waals surface area (Å²) in [7, 11) is 0. The van der Waals surface area contributed by atoms with E-state index in [1.807, 2.05) is 0 Å². The molecule has 2 rings (SSSR count). The lowest BCUT2D eigenvalue weighted by Crippen LogP contribution is -2.17. The van der Waals surface area contributed by atoms with Crippen LogP contribution < -0.4 is 10.1 Å². The molecule has 20 heavy (non-hydrogen) atoms. The molecule has 0 atom stereocenters. The second-order valence-corrected chi connectivity index (χ2v) is 4.73. The van der Waals surface area contributed by atoms with Crippen molar-refractivity contribution in [2.75, 3.05) is 5.32 Å². The Bertz CT molecular complexity index is 624. The maximum absolute atomic E-state index is 12.1. The summed E-state index contributed by atoms with van der Waals surface area (Å²) in [5.74, 6) is -0.0427. The van der Waals surface area contributed by atoms with Crippen LogP contribution in [0.3, 0.4) is 0 Å². The summed E-state index contributed by atoms with van der Waals surface area (Å²) in [4.78, 5) is 7.77. The maximum atomic E-state index is 12.1. The molecule has 0 saturated heterocycles. The van der Waals surface area contributed by atoms with Crippen molar-refractivity contribution >= 4 is 39.0 Å². The smallest absolute Gasteiger partial charge is 0.405 e. The molecule has 0 fully saturated rings. The van der Waals surface area contributed by atoms with E-state index >= 15 is 0 Å². The number of anilines is 2. The molecule has 1 aromatic carbocycles. The molecule has 0 aliphatic carbocycles. The van der Waals surface area contributed by atoms with Gasteiger partial charge in [-0.15, -0.1) is 13.2 Å². The quantitative estimate of drug-likeness (QED) is 0.864. The molecule has 1 aromatic heterocycles. The standard InChI is InChI=1S/C11H6BrClF3N3O/c12-7-5-6(1-2-8(7)20-11(14,15)16)19-10-9(13)17-3-4-18-10/h1-5H,(H,18,19). The van der Waals surface area contributed by atoms with E-state index in [0.717, 1.165) is 0 Å². The van der Waals surface area contributed by atoms with E-state index in [-0.39, 0.29) is 15.4 Å². The van der Waals surface area contributed by atoms with E-state index in [1.54, 1.807) is 0 Å². The van der Waals surface area contributed by atoms with Gasteiger partial charge in [-0.1, -0.05) is 11.6 Å². The van der Waals surface area contributed by atoms with Crippen LogP contribution in [0.5, 0.6) is 5.75 Å². The fraction of sp³-hybridized carbons (Fsp3) is 0.0909. The van der Waals surface area contributed by atoms with Gasteiger partial charge in [-0.2, -0.15) is 0 Å². The van der Waals surface area contributed by atoms with Crippen molar-refractivity contribution in [1.29, 1.82) is 0 Å². The Morgan fingerprint density at radius 1 is 1.20 bits per heavy atom. The molecule has 0 saturated carbocycles. The lowest BCUT2D eigenvalue weighted by Gasteiger charge is -2.12. The van der Waals surface area contributed by atoms with Crippen molar-refractivity contribution in [3.8, 4) is 5.75 Å². The van der Waals surface area contributed by atoms with Gasteiger partial charge in [0.25, 0.3) is 0 Å². The predicted octanol–water partition coefficient (Wildman–Crippen LogP) is 4.53. The van der Waals surface area contributed by atoms with Crippen LogP contribution in [0, 0.1) is 0 Å². The van der Waals surface area contributed by atoms with Crippen molar-refractivity contribution in [1.82, 2.24) is 9.97 Å². The molecule has 4 nitrogen and oxygen atoms in total. The van der Waals surface area contributed by atoms with Crippen molar-refractivity contribution in [3.63, 3.8) is 0 Å². The highest BCUT2D eigenvalue weighted by Gasteiger charge is 2.31. The number of alkyl halides is 3. The SMILES string of the molecule is FC(F)(F)Oc1ccc(Nc2nccnc2Cl)cc1Br. The number of aromatic nitrogens is 2. The van der Waals surface area contributed by atoms with E-state index in [0.29, 0.717) is 11.5 Å². The summed E-state index contributed by atoms with van der Waals surface area (Å²) >= 11 is 8.81. The molecule has 0 aliphatic heterocycles. The second kappa shape index (κ2) is 5.84. The average molecular weight is 369 g/mol. The van der Waals surface area contributed by atoms with E-state index in [2.05, 4.69) is 36.0 Å². The van der Waals surface area contributed by atoms with E-state index in [9.17, 15) is 13.2 Å². The third-order valence-electron chi connectivity index (χ3n) is 2.07. The van der Waals surface area contributed by atoms with Crippen molar-refractivity contribution in [2.24, 2.45) is 0 Å². The number of hydrogen-bond acceptors (Lipinski definition) is 4. The number of rotatable bonds is 3. The van der Waals surface area contributed by atoms with Crippen LogP contribution in [0.2, 0.25) is 5.15 Å². The van der Waals surface area contributed by atoms with Crippen molar-refractivity contribution in [2.45, 2.75) is 6.36 Å². The Labute approximate surface area is 125 Å². The number of hydrogen-bond donors (Lipinski definition) is 1. The highest BCUT2D eigenvalue weighted by atomic mass is 79.9. The molecule has 0 amide bonds. The molecule has 0 unspecified atom stereocenters. The predicted molar refractivity (Wildman–Crippen MR) is 71.1 cm³/mol. The highest BCUT2D eigenvalue weighted by molar-refractivity contribution is 9.10. The minimum absolute atomic E-state index is 0.139. The zero-order chi connectivity index (χ0) is 14.8. The van der Waals surface area contributed by atoms with Crippen molar-refractivity contribution in [3.05, 3.63) is 40.2 Å². The lowest BCUT2D eigenvalue weighted by molar-refractivity contribution is -0.274. The fourth-order valence-electron chi connectivity index (χ4n) is 1.33. The maximum Gasteiger partial charge on any atom is 0.573 e. The van der Waals surface area contributed by atoms with Crippen LogP contribution in [-0.2, 0) is 0 Å². The molecule has 1 heterocycles. The topological polar surface area (TPSA) is 47.0 Å². The third kappa shape index (κ3) is 3.97. The molecular weight excluding hydrogens is 362 g/mol. The monoisotopic (exact) mass is 367 g/mol. The lowest BCUT2D eigenvalue weighted by atomic mass is 10.3. The first-order valence-electron chi connectivity index (χ1n) is 5.14. The number of ether oxygens (including phenoxy) is 1. The third-order valence-corrected chi connectivity index (χ3v) is 2.97. The Kier molecular flexibility index (Phi) is 4.34. The summed E-state index contributed by atoms with van der Waals surface area (Å²) in [5, 5.41) is 2.98. The summed E-state index contributed by atoms with van der Waals surface area (Å²) in [5.41, 5.74) is 0.480. The first-order valence-corrected chi connectivity index (χ1v) is 6.31. The van der Waals surface area contributed by atoms with Gasteiger partial charge in [0.05, 0.1) is 4.47 Å². The fourth-order valence-corrected chi connectivity index (χ4v) is 1.94. The van der Waals surface area contributed by atoms with Gasteiger partial charge in [0, 0.05) is 18.1 Å². The first kappa shape index (κ1) is 14.9. The number of nitrogens with zero attached hydrogens (tertiary/aromatic N) is 2. The molecule has 1 N–H and O–H groups in total. The summed E-state index contributed by atoms with van der Waals surface area (Å²) < 4.78 is 40.4. The van der Waals surface area contributed by atoms with Crippen LogP contribution in [0.15, 0.2) is 35.1 Å². The summed E-state index contributed by atoms with van der Waals surface area (Å²) in [6.45, 7) is 0. The van der Waals surface area contributed by atoms with Crippen LogP contribution in [0.4, 0.5) is 24.7 Å². The van der Waals surface area contributed by atoms with Crippen LogP contribution in [0.25, 0.3) is 0 Å². The summed E-state index contributed by atoms with van der Waals surface area (Å²) in [6, 6.07) is 3.98. The Hall–Kier alpha value is -1.54. The molecule has 2 aromatic rings. The zero-order valence-electron chi connectivity index (χ0n) is 9.58. The number of halogens is 5. The second-order valence-electron chi connectivity index (χ2n) is 3.51. The Balaban J connectivity index is 2.19. The van der Waals surface area contributed by atoms with Crippen LogP contribution in [-0.4, -0.2) is 16.3 Å². The van der Waals surface area contributed by atoms with E-state index in [1.165, 1.54) is 30.6 Å². The van der Waals surface area contributed by atoms with Gasteiger partial charge in [0.15, 0.2) is 11.0 Å². The molecule has 106 valence electrons. The first-order chi connectivity index (χ1) is 9.35. The van der Waals surface area contributed by atoms with Gasteiger partial charge in [-0.05, 0) is 34.1 Å². The normalized spacial score (nSPS) is 11.2. The van der Waals surface area contributed by atoms with E-state index in [4.69, 9.17) is 11.6 Å². The minimum Gasteiger partial charge on any atom is -0.405 e. The molecule has 9 heteroatoms. The van der Waals surface area contributed by atoms with Gasteiger partial charge in [-0.3, -0.25) is 0 Å². The Morgan fingerprint density at radius 3 is 2.50 bits per heavy atom. The summed E-state index contributed by atoms with van der Waals surface area (Å²) in [6.07, 6.45) is -1.89. The molecule has 0 bridgehead atoms. The van der Waals surface area contributed by atoms with Crippen molar-refractivity contribution < 1.29 is 17.9 Å². The minimum atomic E-state index is -4.74. The Morgan fingerprint density at radius 2 is 1.90 bits per heavy atom. The van der Waals surface area contributed by atoms with Gasteiger partial charge in [-0.25, -0.2) is 9.97 Å². The molecule has 0 spiro atoms. The average Bonchev–Trinajstić information content (AvgIpc) is 2.34. The van der Waals surface area contributed by atoms with Gasteiger partial charge >= 0.3 is 6.36 Å². The molecule has 0 aliphatic rings.